The number of hydrogen-bond acceptors (Lipinski definition) is 5. The van der Waals surface area contributed by atoms with Crippen LogP contribution in [0, 0.1) is 6.92 Å². The fraction of sp³-hybridized carbons (Fsp3) is 0.208. The summed E-state index contributed by atoms with van der Waals surface area (Å²) in [6.07, 6.45) is 0. The topological polar surface area (TPSA) is 84.9 Å². The maximum absolute atomic E-state index is 12.8. The molecule has 0 aliphatic heterocycles. The maximum Gasteiger partial charge on any atom is 0.262 e. The molecule has 8 heteroatoms. The number of amides is 1. The number of carbonyl (C=O) groups excluding carboxylic acids is 1. The molecular weight excluding hydrogens is 428 g/mol. The van der Waals surface area contributed by atoms with E-state index in [1.165, 1.54) is 30.6 Å². The van der Waals surface area contributed by atoms with Gasteiger partial charge < -0.3 is 14.8 Å². The quantitative estimate of drug-likeness (QED) is 0.531. The summed E-state index contributed by atoms with van der Waals surface area (Å²) in [4.78, 5) is 12.4. The number of benzene rings is 3. The monoisotopic (exact) mass is 454 g/mol. The van der Waals surface area contributed by atoms with Crippen LogP contribution in [-0.4, -0.2) is 39.4 Å². The van der Waals surface area contributed by atoms with E-state index in [1.54, 1.807) is 18.2 Å². The van der Waals surface area contributed by atoms with E-state index in [9.17, 15) is 13.2 Å². The molecule has 3 aromatic carbocycles. The molecule has 0 aromatic heterocycles. The lowest BCUT2D eigenvalue weighted by atomic mass is 10.2. The van der Waals surface area contributed by atoms with Crippen LogP contribution in [0.15, 0.2) is 77.7 Å². The number of nitrogens with one attached hydrogen (secondary N) is 1. The Hall–Kier alpha value is -3.36. The van der Waals surface area contributed by atoms with E-state index in [-0.39, 0.29) is 24.0 Å². The molecule has 0 bridgehead atoms. The minimum Gasteiger partial charge on any atom is -0.493 e. The van der Waals surface area contributed by atoms with Crippen LogP contribution < -0.4 is 14.8 Å². The van der Waals surface area contributed by atoms with Gasteiger partial charge in [0.2, 0.25) is 10.0 Å². The first-order valence-corrected chi connectivity index (χ1v) is 11.4. The largest absolute Gasteiger partial charge is 0.493 e. The van der Waals surface area contributed by atoms with Crippen LogP contribution in [0.25, 0.3) is 0 Å². The van der Waals surface area contributed by atoms with Gasteiger partial charge in [0.05, 0.1) is 12.0 Å². The second-order valence-electron chi connectivity index (χ2n) is 7.26. The average molecular weight is 455 g/mol. The number of anilines is 1. The van der Waals surface area contributed by atoms with Gasteiger partial charge in [-0.15, -0.1) is 0 Å². The van der Waals surface area contributed by atoms with Crippen LogP contribution in [0.1, 0.15) is 11.1 Å². The minimum atomic E-state index is -3.66. The molecule has 0 radical (unpaired) electrons. The Bertz CT molecular complexity index is 1160. The maximum atomic E-state index is 12.8. The third kappa shape index (κ3) is 5.87. The summed E-state index contributed by atoms with van der Waals surface area (Å²) >= 11 is 0. The van der Waals surface area contributed by atoms with Crippen molar-refractivity contribution in [3.8, 4) is 11.5 Å². The summed E-state index contributed by atoms with van der Waals surface area (Å²) in [5, 5.41) is 2.70. The Morgan fingerprint density at radius 2 is 1.66 bits per heavy atom. The van der Waals surface area contributed by atoms with Crippen molar-refractivity contribution in [2.24, 2.45) is 0 Å². The third-order valence-corrected chi connectivity index (χ3v) is 6.59. The molecule has 0 fully saturated rings. The van der Waals surface area contributed by atoms with E-state index in [4.69, 9.17) is 9.47 Å². The van der Waals surface area contributed by atoms with Crippen molar-refractivity contribution in [2.45, 2.75) is 18.4 Å². The standard InChI is InChI=1S/C24H26N2O5S/c1-18-9-14-22(23(15-18)30-3)31-17-24(27)25-20-10-12-21(13-11-20)32(28,29)26(2)16-19-7-5-4-6-8-19/h4-15H,16-17H2,1-3H3,(H,25,27). The molecule has 3 rings (SSSR count). The van der Waals surface area contributed by atoms with Gasteiger partial charge in [-0.1, -0.05) is 36.4 Å². The number of hydrogen-bond donors (Lipinski definition) is 1. The van der Waals surface area contributed by atoms with E-state index in [1.807, 2.05) is 49.4 Å². The van der Waals surface area contributed by atoms with Crippen LogP contribution >= 0.6 is 0 Å². The molecule has 0 unspecified atom stereocenters. The highest BCUT2D eigenvalue weighted by Crippen LogP contribution is 2.27. The van der Waals surface area contributed by atoms with Crippen LogP contribution in [0.3, 0.4) is 0 Å². The van der Waals surface area contributed by atoms with Crippen molar-refractivity contribution in [2.75, 3.05) is 26.1 Å². The van der Waals surface area contributed by atoms with Gasteiger partial charge >= 0.3 is 0 Å². The van der Waals surface area contributed by atoms with E-state index in [0.29, 0.717) is 17.2 Å². The second-order valence-corrected chi connectivity index (χ2v) is 9.31. The summed E-state index contributed by atoms with van der Waals surface area (Å²) < 4.78 is 37.7. The molecule has 7 nitrogen and oxygen atoms in total. The van der Waals surface area contributed by atoms with E-state index in [0.717, 1.165) is 11.1 Å². The molecular formula is C24H26N2O5S. The molecule has 168 valence electrons. The van der Waals surface area contributed by atoms with E-state index >= 15 is 0 Å². The van der Waals surface area contributed by atoms with Crippen molar-refractivity contribution in [1.82, 2.24) is 4.31 Å². The molecule has 1 N–H and O–H groups in total. The van der Waals surface area contributed by atoms with Gasteiger partial charge in [-0.2, -0.15) is 4.31 Å². The molecule has 3 aromatic rings. The van der Waals surface area contributed by atoms with Crippen molar-refractivity contribution < 1.29 is 22.7 Å². The van der Waals surface area contributed by atoms with Crippen LogP contribution in [0.2, 0.25) is 0 Å². The zero-order valence-corrected chi connectivity index (χ0v) is 19.1. The third-order valence-electron chi connectivity index (χ3n) is 4.77. The van der Waals surface area contributed by atoms with Crippen molar-refractivity contribution in [3.63, 3.8) is 0 Å². The zero-order chi connectivity index (χ0) is 23.1. The van der Waals surface area contributed by atoms with Crippen LogP contribution in [-0.2, 0) is 21.4 Å². The van der Waals surface area contributed by atoms with Gasteiger partial charge in [-0.25, -0.2) is 8.42 Å². The lowest BCUT2D eigenvalue weighted by molar-refractivity contribution is -0.118. The average Bonchev–Trinajstić information content (AvgIpc) is 2.79. The zero-order valence-electron chi connectivity index (χ0n) is 18.2. The van der Waals surface area contributed by atoms with E-state index < -0.39 is 10.0 Å². The summed E-state index contributed by atoms with van der Waals surface area (Å²) in [5.74, 6) is 0.646. The van der Waals surface area contributed by atoms with E-state index in [2.05, 4.69) is 5.32 Å². The first-order valence-electron chi connectivity index (χ1n) is 9.97. The highest BCUT2D eigenvalue weighted by Gasteiger charge is 2.21. The Morgan fingerprint density at radius 1 is 0.969 bits per heavy atom. The summed E-state index contributed by atoms with van der Waals surface area (Å²) in [5.41, 5.74) is 2.38. The van der Waals surface area contributed by atoms with Crippen LogP contribution in [0.5, 0.6) is 11.5 Å². The van der Waals surface area contributed by atoms with Crippen LogP contribution in [0.4, 0.5) is 5.69 Å². The van der Waals surface area contributed by atoms with Crippen molar-refractivity contribution in [3.05, 3.63) is 83.9 Å². The Balaban J connectivity index is 1.59. The first kappa shape index (κ1) is 23.3. The Morgan fingerprint density at radius 3 is 2.31 bits per heavy atom. The molecule has 0 aliphatic carbocycles. The van der Waals surface area contributed by atoms with Gasteiger partial charge in [0.1, 0.15) is 0 Å². The fourth-order valence-corrected chi connectivity index (χ4v) is 4.21. The molecule has 0 aliphatic rings. The number of carbonyl (C=O) groups is 1. The normalized spacial score (nSPS) is 11.2. The highest BCUT2D eigenvalue weighted by molar-refractivity contribution is 7.89. The number of nitrogens with zero attached hydrogens (tertiary/aromatic N) is 1. The molecule has 32 heavy (non-hydrogen) atoms. The first-order chi connectivity index (χ1) is 15.3. The van der Waals surface area contributed by atoms with Crippen molar-refractivity contribution >= 4 is 21.6 Å². The summed E-state index contributed by atoms with van der Waals surface area (Å²) in [6, 6.07) is 20.8. The Kier molecular flexibility index (Phi) is 7.50. The van der Waals surface area contributed by atoms with Gasteiger partial charge in [0.15, 0.2) is 18.1 Å². The number of sulfonamides is 1. The summed E-state index contributed by atoms with van der Waals surface area (Å²) in [6.45, 7) is 1.99. The molecule has 0 heterocycles. The fourth-order valence-electron chi connectivity index (χ4n) is 3.05. The van der Waals surface area contributed by atoms with Gasteiger partial charge in [-0.3, -0.25) is 4.79 Å². The van der Waals surface area contributed by atoms with Gasteiger partial charge in [0, 0.05) is 19.3 Å². The van der Waals surface area contributed by atoms with Gasteiger partial charge in [0.25, 0.3) is 5.91 Å². The highest BCUT2D eigenvalue weighted by atomic mass is 32.2. The Labute approximate surface area is 188 Å². The predicted octanol–water partition coefficient (Wildman–Crippen LogP) is 3.84. The number of methoxy groups -OCH3 is 1. The molecule has 0 spiro atoms. The molecule has 1 amide bonds. The molecule has 0 saturated carbocycles. The number of rotatable bonds is 9. The molecule has 0 saturated heterocycles. The number of ether oxygens (including phenoxy) is 2. The predicted molar refractivity (Wildman–Crippen MR) is 123 cm³/mol. The van der Waals surface area contributed by atoms with Crippen molar-refractivity contribution in [1.29, 1.82) is 0 Å². The minimum absolute atomic E-state index is 0.148. The SMILES string of the molecule is COc1cc(C)ccc1OCC(=O)Nc1ccc(S(=O)(=O)N(C)Cc2ccccc2)cc1. The second kappa shape index (κ2) is 10.3. The molecule has 0 atom stereocenters. The summed E-state index contributed by atoms with van der Waals surface area (Å²) in [7, 11) is -0.585. The van der Waals surface area contributed by atoms with Gasteiger partial charge in [-0.05, 0) is 54.4 Å². The lowest BCUT2D eigenvalue weighted by Crippen LogP contribution is -2.26. The number of aryl methyl sites for hydroxylation is 1. The lowest BCUT2D eigenvalue weighted by Gasteiger charge is -2.17. The smallest absolute Gasteiger partial charge is 0.262 e.